The molecule has 6 heteroatoms. The van der Waals surface area contributed by atoms with Gasteiger partial charge < -0.3 is 15.0 Å². The molecule has 2 N–H and O–H groups in total. The van der Waals surface area contributed by atoms with Gasteiger partial charge in [0.25, 0.3) is 0 Å². The molecule has 1 aliphatic rings. The first kappa shape index (κ1) is 16.7. The van der Waals surface area contributed by atoms with Gasteiger partial charge in [0.15, 0.2) is 5.11 Å². The van der Waals surface area contributed by atoms with Gasteiger partial charge in [-0.3, -0.25) is 5.43 Å². The van der Waals surface area contributed by atoms with Crippen molar-refractivity contribution in [2.24, 2.45) is 5.10 Å². The van der Waals surface area contributed by atoms with Gasteiger partial charge in [-0.1, -0.05) is 13.0 Å². The zero-order valence-corrected chi connectivity index (χ0v) is 14.1. The van der Waals surface area contributed by atoms with Crippen molar-refractivity contribution in [3.63, 3.8) is 0 Å². The van der Waals surface area contributed by atoms with Crippen LogP contribution in [0.3, 0.4) is 0 Å². The molecule has 1 aromatic carbocycles. The molecule has 2 rings (SSSR count). The third-order valence-corrected chi connectivity index (χ3v) is 3.81. The summed E-state index contributed by atoms with van der Waals surface area (Å²) < 4.78 is 5.19. The average molecular weight is 320 g/mol. The molecule has 1 heterocycles. The normalized spacial score (nSPS) is 15.3. The van der Waals surface area contributed by atoms with Gasteiger partial charge in [-0.25, -0.2) is 0 Å². The molecule has 0 unspecified atom stereocenters. The van der Waals surface area contributed by atoms with Gasteiger partial charge >= 0.3 is 0 Å². The molecule has 0 atom stereocenters. The fraction of sp³-hybridized carbons (Fsp3) is 0.500. The lowest BCUT2D eigenvalue weighted by molar-refractivity contribution is 0.275. The first-order valence-electron chi connectivity index (χ1n) is 7.70. The van der Waals surface area contributed by atoms with E-state index in [9.17, 15) is 0 Å². The minimum atomic E-state index is 0.497. The van der Waals surface area contributed by atoms with Crippen molar-refractivity contribution < 1.29 is 4.74 Å². The lowest BCUT2D eigenvalue weighted by atomic mass is 10.1. The topological polar surface area (TPSA) is 48.9 Å². The van der Waals surface area contributed by atoms with Crippen molar-refractivity contribution in [3.8, 4) is 5.75 Å². The van der Waals surface area contributed by atoms with Gasteiger partial charge in [-0.2, -0.15) is 5.10 Å². The maximum absolute atomic E-state index is 5.27. The summed E-state index contributed by atoms with van der Waals surface area (Å²) in [4.78, 5) is 2.48. The van der Waals surface area contributed by atoms with Crippen LogP contribution in [0.2, 0.25) is 0 Å². The molecule has 0 amide bonds. The number of methoxy groups -OCH3 is 1. The van der Waals surface area contributed by atoms with E-state index in [0.717, 1.165) is 37.4 Å². The molecule has 0 spiro atoms. The van der Waals surface area contributed by atoms with Crippen LogP contribution in [0.5, 0.6) is 5.75 Å². The Morgan fingerprint density at radius 2 is 2.14 bits per heavy atom. The number of ether oxygens (including phenoxy) is 1. The van der Waals surface area contributed by atoms with Crippen molar-refractivity contribution in [2.75, 3.05) is 32.1 Å². The first-order valence-corrected chi connectivity index (χ1v) is 8.11. The Balaban J connectivity index is 1.79. The number of nitrogens with zero attached hydrogens (tertiary/aromatic N) is 2. The third-order valence-electron chi connectivity index (χ3n) is 3.62. The summed E-state index contributed by atoms with van der Waals surface area (Å²) >= 11 is 5.27. The molecule has 0 aliphatic carbocycles. The fourth-order valence-electron chi connectivity index (χ4n) is 2.45. The van der Waals surface area contributed by atoms with Gasteiger partial charge in [0.05, 0.1) is 7.11 Å². The van der Waals surface area contributed by atoms with E-state index < -0.39 is 0 Å². The summed E-state index contributed by atoms with van der Waals surface area (Å²) in [5.41, 5.74) is 5.00. The second-order valence-electron chi connectivity index (χ2n) is 5.32. The van der Waals surface area contributed by atoms with Crippen molar-refractivity contribution in [2.45, 2.75) is 26.2 Å². The van der Waals surface area contributed by atoms with Crippen molar-refractivity contribution in [1.82, 2.24) is 10.3 Å². The van der Waals surface area contributed by atoms with Crippen molar-refractivity contribution >= 4 is 28.7 Å². The number of rotatable bonds is 5. The number of benzene rings is 1. The predicted octanol–water partition coefficient (Wildman–Crippen LogP) is 2.84. The quantitative estimate of drug-likeness (QED) is 0.645. The molecule has 120 valence electrons. The van der Waals surface area contributed by atoms with E-state index >= 15 is 0 Å². The minimum absolute atomic E-state index is 0.497. The van der Waals surface area contributed by atoms with Crippen LogP contribution < -0.4 is 15.5 Å². The maximum Gasteiger partial charge on any atom is 0.191 e. The Morgan fingerprint density at radius 1 is 1.36 bits per heavy atom. The van der Waals surface area contributed by atoms with E-state index in [1.807, 2.05) is 24.3 Å². The number of hydrogen-bond acceptors (Lipinski definition) is 4. The van der Waals surface area contributed by atoms with Crippen LogP contribution in [0.15, 0.2) is 29.4 Å². The van der Waals surface area contributed by atoms with Gasteiger partial charge in [0, 0.05) is 43.4 Å². The van der Waals surface area contributed by atoms with Crippen LogP contribution in [0.25, 0.3) is 0 Å². The van der Waals surface area contributed by atoms with Crippen LogP contribution in [0.4, 0.5) is 5.69 Å². The average Bonchev–Trinajstić information content (AvgIpc) is 2.55. The summed E-state index contributed by atoms with van der Waals surface area (Å²) in [6.45, 7) is 5.57. The van der Waals surface area contributed by atoms with E-state index in [1.165, 1.54) is 18.7 Å². The molecule has 0 aromatic heterocycles. The lowest BCUT2D eigenvalue weighted by Crippen LogP contribution is -2.35. The highest BCUT2D eigenvalue weighted by atomic mass is 32.1. The second kappa shape index (κ2) is 8.70. The van der Waals surface area contributed by atoms with Crippen LogP contribution >= 0.6 is 12.2 Å². The van der Waals surface area contributed by atoms with E-state index in [2.05, 4.69) is 27.7 Å². The molecule has 0 saturated carbocycles. The SMILES string of the molecule is CCCN1CCC(=NNC(=S)Nc2cccc(OC)c2)CC1. The molecule has 1 fully saturated rings. The van der Waals surface area contributed by atoms with Crippen LogP contribution in [-0.4, -0.2) is 42.5 Å². The summed E-state index contributed by atoms with van der Waals surface area (Å²) in [6.07, 6.45) is 3.23. The molecular formula is C16H24N4OS. The highest BCUT2D eigenvalue weighted by Gasteiger charge is 2.13. The molecule has 1 aliphatic heterocycles. The Labute approximate surface area is 137 Å². The molecule has 1 saturated heterocycles. The zero-order chi connectivity index (χ0) is 15.8. The number of hydrazone groups is 1. The summed E-state index contributed by atoms with van der Waals surface area (Å²) in [6, 6.07) is 7.64. The number of nitrogens with one attached hydrogen (secondary N) is 2. The largest absolute Gasteiger partial charge is 0.497 e. The van der Waals surface area contributed by atoms with E-state index in [0.29, 0.717) is 5.11 Å². The number of likely N-dealkylation sites (tertiary alicyclic amines) is 1. The third kappa shape index (κ3) is 5.27. The number of hydrogen-bond donors (Lipinski definition) is 2. The minimum Gasteiger partial charge on any atom is -0.497 e. The Kier molecular flexibility index (Phi) is 6.61. The molecule has 5 nitrogen and oxygen atoms in total. The Bertz CT molecular complexity index is 523. The van der Waals surface area contributed by atoms with Crippen LogP contribution in [-0.2, 0) is 0 Å². The standard InChI is InChI=1S/C16H24N4OS/c1-3-9-20-10-7-13(8-11-20)18-19-16(22)17-14-5-4-6-15(12-14)21-2/h4-6,12H,3,7-11H2,1-2H3,(H2,17,19,22). The number of piperidine rings is 1. The fourth-order valence-corrected chi connectivity index (χ4v) is 2.62. The smallest absolute Gasteiger partial charge is 0.191 e. The van der Waals surface area contributed by atoms with Crippen LogP contribution in [0.1, 0.15) is 26.2 Å². The molecule has 1 aromatic rings. The molecule has 22 heavy (non-hydrogen) atoms. The zero-order valence-electron chi connectivity index (χ0n) is 13.3. The second-order valence-corrected chi connectivity index (χ2v) is 5.73. The number of anilines is 1. The molecular weight excluding hydrogens is 296 g/mol. The van der Waals surface area contributed by atoms with Gasteiger partial charge in [-0.15, -0.1) is 0 Å². The van der Waals surface area contributed by atoms with E-state index in [1.54, 1.807) is 7.11 Å². The molecule has 0 radical (unpaired) electrons. The lowest BCUT2D eigenvalue weighted by Gasteiger charge is -2.26. The summed E-state index contributed by atoms with van der Waals surface area (Å²) in [7, 11) is 1.65. The van der Waals surface area contributed by atoms with E-state index in [4.69, 9.17) is 17.0 Å². The van der Waals surface area contributed by atoms with Crippen LogP contribution in [0, 0.1) is 0 Å². The Morgan fingerprint density at radius 3 is 2.82 bits per heavy atom. The highest BCUT2D eigenvalue weighted by molar-refractivity contribution is 7.80. The van der Waals surface area contributed by atoms with Gasteiger partial charge in [-0.05, 0) is 37.3 Å². The van der Waals surface area contributed by atoms with Crippen molar-refractivity contribution in [1.29, 1.82) is 0 Å². The van der Waals surface area contributed by atoms with Crippen molar-refractivity contribution in [3.05, 3.63) is 24.3 Å². The summed E-state index contributed by atoms with van der Waals surface area (Å²) in [5.74, 6) is 0.794. The monoisotopic (exact) mass is 320 g/mol. The van der Waals surface area contributed by atoms with Gasteiger partial charge in [0.2, 0.25) is 0 Å². The highest BCUT2D eigenvalue weighted by Crippen LogP contribution is 2.16. The maximum atomic E-state index is 5.27. The molecule has 0 bridgehead atoms. The Hall–Kier alpha value is -1.66. The summed E-state index contributed by atoms with van der Waals surface area (Å²) in [5, 5.41) is 8.03. The predicted molar refractivity (Wildman–Crippen MR) is 95.8 cm³/mol. The van der Waals surface area contributed by atoms with Gasteiger partial charge in [0.1, 0.15) is 5.75 Å². The van der Waals surface area contributed by atoms with E-state index in [-0.39, 0.29) is 0 Å². The number of thiocarbonyl (C=S) groups is 1. The first-order chi connectivity index (χ1) is 10.7.